The number of nitrogens with zero attached hydrogens (tertiary/aromatic N) is 2. The van der Waals surface area contributed by atoms with Gasteiger partial charge in [0.05, 0.1) is 23.6 Å². The Labute approximate surface area is 165 Å². The number of esters is 1. The smallest absolute Gasteiger partial charge is 0.337 e. The van der Waals surface area contributed by atoms with E-state index in [1.807, 2.05) is 0 Å². The molecule has 1 aliphatic rings. The number of benzene rings is 1. The lowest BCUT2D eigenvalue weighted by Crippen LogP contribution is -2.12. The van der Waals surface area contributed by atoms with E-state index in [-0.39, 0.29) is 17.0 Å². The molecule has 0 spiro atoms. The van der Waals surface area contributed by atoms with Crippen LogP contribution in [0.25, 0.3) is 21.9 Å². The summed E-state index contributed by atoms with van der Waals surface area (Å²) in [7, 11) is 1.32. The van der Waals surface area contributed by atoms with Crippen LogP contribution in [0.3, 0.4) is 0 Å². The number of ether oxygens (including phenoxy) is 1. The molecule has 1 aromatic carbocycles. The molecule has 1 aliphatic carbocycles. The number of fused-ring (bicyclic) bond motifs is 3. The highest BCUT2D eigenvalue weighted by molar-refractivity contribution is 7.18. The van der Waals surface area contributed by atoms with Gasteiger partial charge in [-0.2, -0.15) is 5.26 Å². The molecule has 0 aliphatic heterocycles. The number of rotatable bonds is 3. The quantitative estimate of drug-likeness (QED) is 0.542. The second-order valence-electron chi connectivity index (χ2n) is 6.59. The number of aryl methyl sites for hydroxylation is 2. The predicted molar refractivity (Wildman–Crippen MR) is 108 cm³/mol. The fraction of sp³-hybridized carbons (Fsp3) is 0.238. The van der Waals surface area contributed by atoms with E-state index < -0.39 is 5.97 Å². The van der Waals surface area contributed by atoms with E-state index in [0.29, 0.717) is 15.8 Å². The van der Waals surface area contributed by atoms with Gasteiger partial charge < -0.3 is 9.72 Å². The van der Waals surface area contributed by atoms with Crippen molar-refractivity contribution in [3.63, 3.8) is 0 Å². The first-order valence-corrected chi connectivity index (χ1v) is 9.77. The molecule has 0 bridgehead atoms. The second kappa shape index (κ2) is 7.41. The highest BCUT2D eigenvalue weighted by atomic mass is 32.1. The molecule has 2 heterocycles. The van der Waals surface area contributed by atoms with Crippen LogP contribution in [0.4, 0.5) is 0 Å². The standard InChI is InChI=1S/C21H17N3O3S/c1-27-21(26)13-8-6-12(7-9-13)10-14(11-22)18-23-19(25)17-15-4-2-3-5-16(15)28-20(17)24-18/h6-10H,2-5H2,1H3,(H,23,24,25)/b14-10+. The van der Waals surface area contributed by atoms with Crippen LogP contribution in [-0.2, 0) is 17.6 Å². The Kier molecular flexibility index (Phi) is 4.80. The van der Waals surface area contributed by atoms with Crippen LogP contribution in [0.2, 0.25) is 0 Å². The van der Waals surface area contributed by atoms with Gasteiger partial charge in [0, 0.05) is 4.88 Å². The number of aromatic nitrogens is 2. The van der Waals surface area contributed by atoms with Crippen LogP contribution >= 0.6 is 11.3 Å². The van der Waals surface area contributed by atoms with Crippen molar-refractivity contribution in [1.29, 1.82) is 5.26 Å². The molecule has 3 aromatic rings. The molecule has 1 N–H and O–H groups in total. The first-order valence-electron chi connectivity index (χ1n) is 8.96. The van der Waals surface area contributed by atoms with Gasteiger partial charge in [0.15, 0.2) is 5.82 Å². The molecule has 0 fully saturated rings. The maximum atomic E-state index is 12.7. The number of hydrogen-bond donors (Lipinski definition) is 1. The van der Waals surface area contributed by atoms with Crippen molar-refractivity contribution in [2.45, 2.75) is 25.7 Å². The highest BCUT2D eigenvalue weighted by Gasteiger charge is 2.20. The van der Waals surface area contributed by atoms with Crippen LogP contribution < -0.4 is 5.56 Å². The van der Waals surface area contributed by atoms with E-state index in [1.165, 1.54) is 12.0 Å². The van der Waals surface area contributed by atoms with E-state index in [4.69, 9.17) is 0 Å². The monoisotopic (exact) mass is 391 g/mol. The van der Waals surface area contributed by atoms with Crippen molar-refractivity contribution in [2.75, 3.05) is 7.11 Å². The van der Waals surface area contributed by atoms with E-state index in [0.717, 1.165) is 36.8 Å². The normalized spacial score (nSPS) is 13.8. The van der Waals surface area contributed by atoms with Gasteiger partial charge in [-0.3, -0.25) is 4.79 Å². The number of carbonyl (C=O) groups is 1. The Morgan fingerprint density at radius 2 is 2.04 bits per heavy atom. The van der Waals surface area contributed by atoms with Crippen LogP contribution in [0.5, 0.6) is 0 Å². The molecule has 0 saturated heterocycles. The van der Waals surface area contributed by atoms with E-state index in [1.54, 1.807) is 41.7 Å². The number of hydrogen-bond acceptors (Lipinski definition) is 6. The Hall–Kier alpha value is -3.24. The maximum Gasteiger partial charge on any atom is 0.337 e. The number of aromatic amines is 1. The summed E-state index contributed by atoms with van der Waals surface area (Å²) in [5.41, 5.74) is 2.33. The molecule has 7 heteroatoms. The molecular formula is C21H17N3O3S. The molecule has 4 rings (SSSR count). The zero-order chi connectivity index (χ0) is 19.7. The molecular weight excluding hydrogens is 374 g/mol. The van der Waals surface area contributed by atoms with Gasteiger partial charge in [-0.05, 0) is 55.0 Å². The van der Waals surface area contributed by atoms with Gasteiger partial charge in [0.25, 0.3) is 5.56 Å². The second-order valence-corrected chi connectivity index (χ2v) is 7.67. The third kappa shape index (κ3) is 3.23. The average molecular weight is 391 g/mol. The third-order valence-electron chi connectivity index (χ3n) is 4.84. The molecule has 0 unspecified atom stereocenters. The van der Waals surface area contributed by atoms with E-state index in [2.05, 4.69) is 20.8 Å². The molecule has 0 saturated carbocycles. The van der Waals surface area contributed by atoms with E-state index in [9.17, 15) is 14.9 Å². The van der Waals surface area contributed by atoms with Gasteiger partial charge in [-0.15, -0.1) is 11.3 Å². The number of thiophene rings is 1. The number of methoxy groups -OCH3 is 1. The van der Waals surface area contributed by atoms with Crippen molar-refractivity contribution in [3.8, 4) is 6.07 Å². The molecule has 2 aromatic heterocycles. The average Bonchev–Trinajstić information content (AvgIpc) is 3.10. The highest BCUT2D eigenvalue weighted by Crippen LogP contribution is 2.33. The summed E-state index contributed by atoms with van der Waals surface area (Å²) in [5.74, 6) is -0.162. The van der Waals surface area contributed by atoms with Crippen LogP contribution in [-0.4, -0.2) is 23.0 Å². The van der Waals surface area contributed by atoms with Gasteiger partial charge >= 0.3 is 5.97 Å². The lowest BCUT2D eigenvalue weighted by molar-refractivity contribution is 0.0600. The molecule has 6 nitrogen and oxygen atoms in total. The number of H-pyrrole nitrogens is 1. The van der Waals surface area contributed by atoms with Crippen LogP contribution in [0, 0.1) is 11.3 Å². The first kappa shape index (κ1) is 18.1. The van der Waals surface area contributed by atoms with Crippen molar-refractivity contribution in [1.82, 2.24) is 9.97 Å². The Morgan fingerprint density at radius 3 is 2.75 bits per heavy atom. The van der Waals surface area contributed by atoms with Gasteiger partial charge in [-0.1, -0.05) is 12.1 Å². The fourth-order valence-electron chi connectivity index (χ4n) is 3.45. The molecule has 28 heavy (non-hydrogen) atoms. The van der Waals surface area contributed by atoms with Gasteiger partial charge in [-0.25, -0.2) is 9.78 Å². The summed E-state index contributed by atoms with van der Waals surface area (Å²) < 4.78 is 4.68. The SMILES string of the molecule is COC(=O)c1ccc(/C=C(\C#N)c2nc3sc4c(c3c(=O)[nH]2)CCCC4)cc1. The fourth-order valence-corrected chi connectivity index (χ4v) is 4.71. The van der Waals surface area contributed by atoms with Crippen molar-refractivity contribution in [2.24, 2.45) is 0 Å². The predicted octanol–water partition coefficient (Wildman–Crippen LogP) is 3.71. The molecule has 0 radical (unpaired) electrons. The largest absolute Gasteiger partial charge is 0.465 e. The Bertz CT molecular complexity index is 1200. The zero-order valence-electron chi connectivity index (χ0n) is 15.2. The van der Waals surface area contributed by atoms with Crippen LogP contribution in [0.1, 0.15) is 45.0 Å². The van der Waals surface area contributed by atoms with Gasteiger partial charge in [0.2, 0.25) is 0 Å². The summed E-state index contributed by atoms with van der Waals surface area (Å²) in [6, 6.07) is 8.78. The number of carbonyl (C=O) groups excluding carboxylic acids is 1. The Balaban J connectivity index is 1.75. The lowest BCUT2D eigenvalue weighted by atomic mass is 9.97. The minimum atomic E-state index is -0.422. The number of nitriles is 1. The zero-order valence-corrected chi connectivity index (χ0v) is 16.1. The molecule has 0 amide bonds. The summed E-state index contributed by atoms with van der Waals surface area (Å²) in [6.07, 6.45) is 5.75. The van der Waals surface area contributed by atoms with Crippen molar-refractivity contribution in [3.05, 3.63) is 62.0 Å². The van der Waals surface area contributed by atoms with Gasteiger partial charge in [0.1, 0.15) is 10.9 Å². The van der Waals surface area contributed by atoms with Crippen molar-refractivity contribution >= 4 is 39.2 Å². The van der Waals surface area contributed by atoms with E-state index >= 15 is 0 Å². The molecule has 140 valence electrons. The summed E-state index contributed by atoms with van der Waals surface area (Å²) in [4.78, 5) is 33.5. The Morgan fingerprint density at radius 1 is 1.29 bits per heavy atom. The number of nitrogens with one attached hydrogen (secondary N) is 1. The summed E-state index contributed by atoms with van der Waals surface area (Å²) >= 11 is 1.55. The minimum absolute atomic E-state index is 0.193. The summed E-state index contributed by atoms with van der Waals surface area (Å²) in [5, 5.41) is 10.3. The first-order chi connectivity index (χ1) is 13.6. The maximum absolute atomic E-state index is 12.7. The topological polar surface area (TPSA) is 95.8 Å². The van der Waals surface area contributed by atoms with Crippen LogP contribution in [0.15, 0.2) is 29.1 Å². The molecule has 0 atom stereocenters. The summed E-state index contributed by atoms with van der Waals surface area (Å²) in [6.45, 7) is 0. The van der Waals surface area contributed by atoms with Crippen molar-refractivity contribution < 1.29 is 9.53 Å². The number of allylic oxidation sites excluding steroid dienone is 1. The lowest BCUT2D eigenvalue weighted by Gasteiger charge is -2.09. The minimum Gasteiger partial charge on any atom is -0.465 e. The third-order valence-corrected chi connectivity index (χ3v) is 6.03.